The van der Waals surface area contributed by atoms with E-state index >= 15 is 0 Å². The van der Waals surface area contributed by atoms with Crippen LogP contribution in [0.15, 0.2) is 47.8 Å². The summed E-state index contributed by atoms with van der Waals surface area (Å²) in [5.41, 5.74) is 1.12. The molecule has 2 fully saturated rings. The number of aromatic nitrogens is 2. The summed E-state index contributed by atoms with van der Waals surface area (Å²) in [5, 5.41) is 16.8. The number of nitrogens with one attached hydrogen (secondary N) is 3. The van der Waals surface area contributed by atoms with Crippen LogP contribution in [-0.4, -0.2) is 27.6 Å². The minimum Gasteiger partial charge on any atom is -0.322 e. The van der Waals surface area contributed by atoms with E-state index in [0.29, 0.717) is 17.3 Å². The molecule has 1 saturated carbocycles. The van der Waals surface area contributed by atoms with Crippen LogP contribution in [0.5, 0.6) is 0 Å². The fourth-order valence-corrected chi connectivity index (χ4v) is 5.66. The molecule has 1 aromatic carbocycles. The lowest BCUT2D eigenvalue weighted by Crippen LogP contribution is -2.52. The van der Waals surface area contributed by atoms with Gasteiger partial charge in [-0.15, -0.1) is 11.3 Å². The molecule has 1 aliphatic carbocycles. The molecule has 5 rings (SSSR count). The van der Waals surface area contributed by atoms with Gasteiger partial charge in [0.15, 0.2) is 6.29 Å². The first kappa shape index (κ1) is 22.1. The van der Waals surface area contributed by atoms with Crippen LogP contribution in [0.2, 0.25) is 5.02 Å². The Balaban J connectivity index is 1.50. The number of benzene rings is 1. The molecule has 2 unspecified atom stereocenters. The minimum absolute atomic E-state index is 0.00284. The largest absolute Gasteiger partial charge is 0.322 e. The van der Waals surface area contributed by atoms with E-state index in [2.05, 4.69) is 16.0 Å². The van der Waals surface area contributed by atoms with Gasteiger partial charge in [-0.05, 0) is 48.9 Å². The molecule has 0 spiro atoms. The molecule has 9 heteroatoms. The number of nitrogens with zero attached hydrogens (tertiary/aromatic N) is 2. The first-order chi connectivity index (χ1) is 15.9. The van der Waals surface area contributed by atoms with E-state index in [9.17, 15) is 9.59 Å². The van der Waals surface area contributed by atoms with Crippen LogP contribution in [0.3, 0.4) is 0 Å². The summed E-state index contributed by atoms with van der Waals surface area (Å²) in [6.07, 6.45) is 3.40. The van der Waals surface area contributed by atoms with Crippen molar-refractivity contribution >= 4 is 40.6 Å². The van der Waals surface area contributed by atoms with E-state index in [1.165, 1.54) is 0 Å². The maximum Gasteiger partial charge on any atom is 0.236 e. The van der Waals surface area contributed by atoms with Crippen molar-refractivity contribution in [2.45, 2.75) is 56.8 Å². The van der Waals surface area contributed by atoms with Gasteiger partial charge in [0.05, 0.1) is 10.3 Å². The standard InChI is InChI=1S/C24H26ClN5O2S/c1-15-13-21(31)28-23(26-15)30-20(14-18(29-30)19-5-4-12-33-19)27-22(32)24(10-2-3-11-24)16-6-8-17(25)9-7-16/h4-9,12,14-15,23,26H,2-3,10-11,13H2,1H3,(H,27,32)(H,28,31). The van der Waals surface area contributed by atoms with Crippen molar-refractivity contribution in [3.05, 3.63) is 58.4 Å². The quantitative estimate of drug-likeness (QED) is 0.492. The molecule has 1 aliphatic heterocycles. The van der Waals surface area contributed by atoms with E-state index in [1.807, 2.05) is 54.8 Å². The van der Waals surface area contributed by atoms with Crippen LogP contribution < -0.4 is 16.0 Å². The van der Waals surface area contributed by atoms with Gasteiger partial charge < -0.3 is 10.6 Å². The second kappa shape index (κ2) is 8.93. The number of carbonyl (C=O) groups excluding carboxylic acids is 2. The molecule has 3 heterocycles. The number of rotatable bonds is 5. The Kier molecular flexibility index (Phi) is 5.99. The van der Waals surface area contributed by atoms with Gasteiger partial charge in [-0.2, -0.15) is 5.10 Å². The SMILES string of the molecule is CC1CC(=O)NC(n2nc(-c3cccs3)cc2NC(=O)C2(c3ccc(Cl)cc3)CCCC2)N1. The molecule has 2 aliphatic rings. The maximum atomic E-state index is 13.8. The van der Waals surface area contributed by atoms with Crippen LogP contribution in [-0.2, 0) is 15.0 Å². The molecular weight excluding hydrogens is 458 g/mol. The molecule has 0 radical (unpaired) electrons. The highest BCUT2D eigenvalue weighted by Crippen LogP contribution is 2.42. The summed E-state index contributed by atoms with van der Waals surface area (Å²) in [6.45, 7) is 1.96. The number of hydrogen-bond acceptors (Lipinski definition) is 5. The zero-order valence-corrected chi connectivity index (χ0v) is 19.9. The van der Waals surface area contributed by atoms with Crippen molar-refractivity contribution in [3.63, 3.8) is 0 Å². The van der Waals surface area contributed by atoms with E-state index in [1.54, 1.807) is 16.0 Å². The first-order valence-corrected chi connectivity index (χ1v) is 12.5. The highest BCUT2D eigenvalue weighted by molar-refractivity contribution is 7.13. The Hall–Kier alpha value is -2.68. The Bertz CT molecular complexity index is 1150. The van der Waals surface area contributed by atoms with Crippen molar-refractivity contribution in [3.8, 4) is 10.6 Å². The molecule has 0 bridgehead atoms. The highest BCUT2D eigenvalue weighted by atomic mass is 35.5. The van der Waals surface area contributed by atoms with Gasteiger partial charge in [-0.1, -0.05) is 42.6 Å². The summed E-state index contributed by atoms with van der Waals surface area (Å²) in [7, 11) is 0. The number of thiophene rings is 1. The zero-order valence-electron chi connectivity index (χ0n) is 18.3. The summed E-state index contributed by atoms with van der Waals surface area (Å²) in [4.78, 5) is 27.0. The molecular formula is C24H26ClN5O2S. The second-order valence-corrected chi connectivity index (χ2v) is 10.2. The van der Waals surface area contributed by atoms with E-state index in [-0.39, 0.29) is 17.9 Å². The lowest BCUT2D eigenvalue weighted by Gasteiger charge is -2.32. The van der Waals surface area contributed by atoms with Gasteiger partial charge >= 0.3 is 0 Å². The van der Waals surface area contributed by atoms with Gasteiger partial charge in [0.1, 0.15) is 11.5 Å². The van der Waals surface area contributed by atoms with Crippen LogP contribution in [0, 0.1) is 0 Å². The molecule has 3 aromatic rings. The highest BCUT2D eigenvalue weighted by Gasteiger charge is 2.43. The molecule has 7 nitrogen and oxygen atoms in total. The third-order valence-electron chi connectivity index (χ3n) is 6.52. The number of anilines is 1. The summed E-state index contributed by atoms with van der Waals surface area (Å²) >= 11 is 7.68. The first-order valence-electron chi connectivity index (χ1n) is 11.2. The summed E-state index contributed by atoms with van der Waals surface area (Å²) < 4.78 is 1.67. The van der Waals surface area contributed by atoms with Crippen LogP contribution >= 0.6 is 22.9 Å². The van der Waals surface area contributed by atoms with E-state index in [0.717, 1.165) is 41.8 Å². The number of amides is 2. The van der Waals surface area contributed by atoms with Crippen molar-refractivity contribution in [2.75, 3.05) is 5.32 Å². The third-order valence-corrected chi connectivity index (χ3v) is 7.66. The fourth-order valence-electron chi connectivity index (χ4n) is 4.85. The molecule has 2 amide bonds. The number of halogens is 1. The summed E-state index contributed by atoms with van der Waals surface area (Å²) in [5.74, 6) is 0.442. The Morgan fingerprint density at radius 2 is 2.00 bits per heavy atom. The molecule has 2 aromatic heterocycles. The van der Waals surface area contributed by atoms with E-state index in [4.69, 9.17) is 16.7 Å². The topological polar surface area (TPSA) is 88.1 Å². The molecule has 172 valence electrons. The van der Waals surface area contributed by atoms with Gasteiger partial charge in [-0.3, -0.25) is 14.9 Å². The lowest BCUT2D eigenvalue weighted by molar-refractivity contribution is -0.125. The van der Waals surface area contributed by atoms with Crippen molar-refractivity contribution in [2.24, 2.45) is 0 Å². The average molecular weight is 484 g/mol. The second-order valence-electron chi connectivity index (χ2n) is 8.83. The van der Waals surface area contributed by atoms with Crippen molar-refractivity contribution in [1.82, 2.24) is 20.4 Å². The van der Waals surface area contributed by atoms with E-state index < -0.39 is 11.7 Å². The van der Waals surface area contributed by atoms with Crippen LogP contribution in [0.1, 0.15) is 50.9 Å². The average Bonchev–Trinajstić information content (AvgIpc) is 3.54. The summed E-state index contributed by atoms with van der Waals surface area (Å²) in [6, 6.07) is 13.4. The predicted octanol–water partition coefficient (Wildman–Crippen LogP) is 4.67. The predicted molar refractivity (Wildman–Crippen MR) is 130 cm³/mol. The molecule has 3 N–H and O–H groups in total. The Morgan fingerprint density at radius 3 is 2.67 bits per heavy atom. The van der Waals surface area contributed by atoms with Crippen LogP contribution in [0.25, 0.3) is 10.6 Å². The fraction of sp³-hybridized carbons (Fsp3) is 0.375. The molecule has 33 heavy (non-hydrogen) atoms. The van der Waals surface area contributed by atoms with Crippen LogP contribution in [0.4, 0.5) is 5.82 Å². The van der Waals surface area contributed by atoms with Crippen molar-refractivity contribution < 1.29 is 9.59 Å². The third kappa shape index (κ3) is 4.30. The molecule has 2 atom stereocenters. The number of carbonyl (C=O) groups is 2. The lowest BCUT2D eigenvalue weighted by atomic mass is 9.78. The zero-order chi connectivity index (χ0) is 23.0. The number of hydrogen-bond donors (Lipinski definition) is 3. The maximum absolute atomic E-state index is 13.8. The Morgan fingerprint density at radius 1 is 1.24 bits per heavy atom. The normalized spacial score (nSPS) is 22.2. The monoisotopic (exact) mass is 483 g/mol. The van der Waals surface area contributed by atoms with Gasteiger partial charge in [-0.25, -0.2) is 4.68 Å². The molecule has 1 saturated heterocycles. The minimum atomic E-state index is -0.612. The van der Waals surface area contributed by atoms with Crippen molar-refractivity contribution in [1.29, 1.82) is 0 Å². The Labute approximate surface area is 201 Å². The van der Waals surface area contributed by atoms with Gasteiger partial charge in [0, 0.05) is 23.6 Å². The smallest absolute Gasteiger partial charge is 0.236 e. The van der Waals surface area contributed by atoms with Gasteiger partial charge in [0.25, 0.3) is 0 Å². The van der Waals surface area contributed by atoms with Gasteiger partial charge in [0.2, 0.25) is 11.8 Å².